The largest absolute Gasteiger partial charge is 0.480 e. The van der Waals surface area contributed by atoms with Gasteiger partial charge in [0.05, 0.1) is 5.92 Å². The number of carboxylic acid groups (broad SMARTS) is 1. The number of carbonyl (C=O) groups is 2. The van der Waals surface area contributed by atoms with Gasteiger partial charge in [-0.05, 0) is 42.3 Å². The molecule has 2 aromatic rings. The molecule has 2 aromatic carbocycles. The van der Waals surface area contributed by atoms with Gasteiger partial charge in [0.15, 0.2) is 0 Å². The Balaban J connectivity index is 1.72. The van der Waals surface area contributed by atoms with E-state index >= 15 is 0 Å². The Hall–Kier alpha value is -2.66. The van der Waals surface area contributed by atoms with Crippen LogP contribution in [0.5, 0.6) is 0 Å². The van der Waals surface area contributed by atoms with E-state index in [-0.39, 0.29) is 11.9 Å². The first-order chi connectivity index (χ1) is 15.3. The highest BCUT2D eigenvalue weighted by Crippen LogP contribution is 2.30. The molecule has 0 saturated carbocycles. The Morgan fingerprint density at radius 3 is 2.06 bits per heavy atom. The average molecular weight is 437 g/mol. The third-order valence-electron chi connectivity index (χ3n) is 6.17. The number of amides is 1. The van der Waals surface area contributed by atoms with Crippen LogP contribution in [0.4, 0.5) is 0 Å². The molecule has 0 spiro atoms. The van der Waals surface area contributed by atoms with Crippen molar-refractivity contribution in [1.29, 1.82) is 0 Å². The molecule has 0 unspecified atom stereocenters. The van der Waals surface area contributed by atoms with Crippen LogP contribution in [0.1, 0.15) is 63.5 Å². The molecule has 0 aliphatic carbocycles. The van der Waals surface area contributed by atoms with Crippen molar-refractivity contribution in [2.45, 2.75) is 64.5 Å². The summed E-state index contributed by atoms with van der Waals surface area (Å²) >= 11 is 0. The first-order valence-electron chi connectivity index (χ1n) is 11.6. The SMILES string of the molecule is CC(C)(C)CCCCN[C@H]1C[C@@H](C(=O)O)N(C(=O)C(c2ccccc2)c2ccccc2)C1. The molecule has 0 radical (unpaired) electrons. The molecule has 5 nitrogen and oxygen atoms in total. The number of carboxylic acids is 1. The van der Waals surface area contributed by atoms with Gasteiger partial charge < -0.3 is 15.3 Å². The molecule has 0 aromatic heterocycles. The fourth-order valence-corrected chi connectivity index (χ4v) is 4.48. The highest BCUT2D eigenvalue weighted by molar-refractivity contribution is 5.91. The Labute approximate surface area is 191 Å². The van der Waals surface area contributed by atoms with Gasteiger partial charge in [-0.25, -0.2) is 4.79 Å². The van der Waals surface area contributed by atoms with Crippen molar-refractivity contribution >= 4 is 11.9 Å². The smallest absolute Gasteiger partial charge is 0.326 e. The first-order valence-corrected chi connectivity index (χ1v) is 11.6. The number of benzene rings is 2. The summed E-state index contributed by atoms with van der Waals surface area (Å²) in [7, 11) is 0. The van der Waals surface area contributed by atoms with Gasteiger partial charge in [0.1, 0.15) is 6.04 Å². The zero-order valence-corrected chi connectivity index (χ0v) is 19.5. The predicted octanol–water partition coefficient (Wildman–Crippen LogP) is 4.68. The van der Waals surface area contributed by atoms with Crippen LogP contribution < -0.4 is 5.32 Å². The van der Waals surface area contributed by atoms with Crippen molar-refractivity contribution in [1.82, 2.24) is 10.2 Å². The zero-order chi connectivity index (χ0) is 23.1. The molecule has 0 bridgehead atoms. The summed E-state index contributed by atoms with van der Waals surface area (Å²) in [5.74, 6) is -1.59. The summed E-state index contributed by atoms with van der Waals surface area (Å²) < 4.78 is 0. The van der Waals surface area contributed by atoms with Gasteiger partial charge in [-0.1, -0.05) is 87.9 Å². The van der Waals surface area contributed by atoms with Crippen molar-refractivity contribution in [2.75, 3.05) is 13.1 Å². The zero-order valence-electron chi connectivity index (χ0n) is 19.5. The van der Waals surface area contributed by atoms with E-state index in [0.29, 0.717) is 18.4 Å². The number of carbonyl (C=O) groups excluding carboxylic acids is 1. The number of nitrogens with zero attached hydrogens (tertiary/aromatic N) is 1. The molecule has 1 heterocycles. The van der Waals surface area contributed by atoms with Gasteiger partial charge in [0, 0.05) is 12.6 Å². The van der Waals surface area contributed by atoms with Crippen molar-refractivity contribution in [3.05, 3.63) is 71.8 Å². The van der Waals surface area contributed by atoms with Gasteiger partial charge in [-0.2, -0.15) is 0 Å². The minimum Gasteiger partial charge on any atom is -0.480 e. The molecule has 172 valence electrons. The predicted molar refractivity (Wildman–Crippen MR) is 128 cm³/mol. The molecule has 1 aliphatic rings. The minimum atomic E-state index is -0.935. The van der Waals surface area contributed by atoms with Crippen LogP contribution in [-0.4, -0.2) is 47.1 Å². The van der Waals surface area contributed by atoms with Crippen LogP contribution >= 0.6 is 0 Å². The maximum Gasteiger partial charge on any atom is 0.326 e. The second-order valence-electron chi connectivity index (χ2n) is 10.0. The van der Waals surface area contributed by atoms with Gasteiger partial charge in [0.25, 0.3) is 0 Å². The average Bonchev–Trinajstić information content (AvgIpc) is 3.19. The molecule has 1 amide bonds. The Morgan fingerprint density at radius 1 is 1.00 bits per heavy atom. The fourth-order valence-electron chi connectivity index (χ4n) is 4.48. The number of rotatable bonds is 9. The molecule has 1 saturated heterocycles. The van der Waals surface area contributed by atoms with Crippen molar-refractivity contribution in [3.63, 3.8) is 0 Å². The summed E-state index contributed by atoms with van der Waals surface area (Å²) in [6.45, 7) is 8.00. The maximum absolute atomic E-state index is 13.7. The maximum atomic E-state index is 13.7. The van der Waals surface area contributed by atoms with Gasteiger partial charge in [-0.3, -0.25) is 4.79 Å². The van der Waals surface area contributed by atoms with Crippen LogP contribution in [-0.2, 0) is 9.59 Å². The minimum absolute atomic E-state index is 0.00174. The lowest BCUT2D eigenvalue weighted by Crippen LogP contribution is -2.43. The van der Waals surface area contributed by atoms with Crippen LogP contribution in [0.15, 0.2) is 60.7 Å². The normalized spacial score (nSPS) is 18.8. The molecule has 2 N–H and O–H groups in total. The monoisotopic (exact) mass is 436 g/mol. The number of hydrogen-bond acceptors (Lipinski definition) is 3. The van der Waals surface area contributed by atoms with E-state index in [2.05, 4.69) is 26.1 Å². The summed E-state index contributed by atoms with van der Waals surface area (Å²) in [5.41, 5.74) is 2.09. The van der Waals surface area contributed by atoms with E-state index in [1.165, 1.54) is 0 Å². The van der Waals surface area contributed by atoms with E-state index in [0.717, 1.165) is 36.9 Å². The highest BCUT2D eigenvalue weighted by atomic mass is 16.4. The summed E-state index contributed by atoms with van der Waals surface area (Å²) in [6.07, 6.45) is 3.79. The van der Waals surface area contributed by atoms with Crippen LogP contribution in [0.25, 0.3) is 0 Å². The van der Waals surface area contributed by atoms with Crippen LogP contribution in [0.2, 0.25) is 0 Å². The molecule has 32 heavy (non-hydrogen) atoms. The lowest BCUT2D eigenvalue weighted by atomic mass is 9.90. The second kappa shape index (κ2) is 10.8. The second-order valence-corrected chi connectivity index (χ2v) is 10.0. The Kier molecular flexibility index (Phi) is 8.08. The molecule has 1 aliphatic heterocycles. The third-order valence-corrected chi connectivity index (χ3v) is 6.17. The van der Waals surface area contributed by atoms with Crippen molar-refractivity contribution in [3.8, 4) is 0 Å². The quantitative estimate of drug-likeness (QED) is 0.560. The lowest BCUT2D eigenvalue weighted by Gasteiger charge is -2.27. The van der Waals surface area contributed by atoms with E-state index in [1.54, 1.807) is 4.90 Å². The standard InChI is InChI=1S/C27H36N2O3/c1-27(2,3)16-10-11-17-28-22-18-23(26(31)32)29(19-22)25(30)24(20-12-6-4-7-13-20)21-14-8-5-9-15-21/h4-9,12-15,22-24,28H,10-11,16-19H2,1-3H3,(H,31,32)/t22-,23-/m0/s1. The van der Waals surface area contributed by atoms with E-state index in [4.69, 9.17) is 0 Å². The Morgan fingerprint density at radius 2 is 1.56 bits per heavy atom. The third kappa shape index (κ3) is 6.42. The van der Waals surface area contributed by atoms with Gasteiger partial charge in [-0.15, -0.1) is 0 Å². The van der Waals surface area contributed by atoms with Gasteiger partial charge in [0.2, 0.25) is 5.91 Å². The summed E-state index contributed by atoms with van der Waals surface area (Å²) in [6, 6.07) is 18.5. The topological polar surface area (TPSA) is 69.6 Å². The number of aliphatic carboxylic acids is 1. The molecular formula is C27H36N2O3. The number of hydrogen-bond donors (Lipinski definition) is 2. The van der Waals surface area contributed by atoms with E-state index in [1.807, 2.05) is 60.7 Å². The summed E-state index contributed by atoms with van der Waals surface area (Å²) in [5, 5.41) is 13.3. The molecular weight excluding hydrogens is 400 g/mol. The number of likely N-dealkylation sites (tertiary alicyclic amines) is 1. The van der Waals surface area contributed by atoms with Crippen molar-refractivity contribution in [2.24, 2.45) is 5.41 Å². The molecule has 3 rings (SSSR count). The number of unbranched alkanes of at least 4 members (excludes halogenated alkanes) is 1. The molecule has 5 heteroatoms. The van der Waals surface area contributed by atoms with E-state index in [9.17, 15) is 14.7 Å². The number of nitrogens with one attached hydrogen (secondary N) is 1. The van der Waals surface area contributed by atoms with E-state index < -0.39 is 17.9 Å². The van der Waals surface area contributed by atoms with Gasteiger partial charge >= 0.3 is 5.97 Å². The molecule has 1 fully saturated rings. The van der Waals surface area contributed by atoms with Crippen molar-refractivity contribution < 1.29 is 14.7 Å². The first kappa shape index (κ1) is 24.0. The Bertz CT molecular complexity index is 837. The summed E-state index contributed by atoms with van der Waals surface area (Å²) in [4.78, 5) is 27.3. The lowest BCUT2D eigenvalue weighted by molar-refractivity contribution is -0.148. The van der Waals surface area contributed by atoms with Crippen LogP contribution in [0.3, 0.4) is 0 Å². The van der Waals surface area contributed by atoms with Crippen LogP contribution in [0, 0.1) is 5.41 Å². The molecule has 2 atom stereocenters. The fraction of sp³-hybridized carbons (Fsp3) is 0.481. The highest BCUT2D eigenvalue weighted by Gasteiger charge is 2.42.